The summed E-state index contributed by atoms with van der Waals surface area (Å²) in [5, 5.41) is 3.93. The molecule has 1 N–H and O–H groups in total. The molecule has 6 aromatic rings. The number of nitrogens with zero attached hydrogens (tertiary/aromatic N) is 3. The van der Waals surface area contributed by atoms with Crippen LogP contribution in [0.15, 0.2) is 81.7 Å². The summed E-state index contributed by atoms with van der Waals surface area (Å²) < 4.78 is 22.8. The summed E-state index contributed by atoms with van der Waals surface area (Å²) in [5.41, 5.74) is 5.67. The molecule has 1 aliphatic rings. The van der Waals surface area contributed by atoms with Gasteiger partial charge in [0.05, 0.1) is 33.5 Å². The smallest absolute Gasteiger partial charge is 0.256 e. The first-order valence-corrected chi connectivity index (χ1v) is 14.6. The topological polar surface area (TPSA) is 73.0 Å². The van der Waals surface area contributed by atoms with Crippen LogP contribution >= 0.6 is 15.9 Å². The van der Waals surface area contributed by atoms with Gasteiger partial charge in [-0.2, -0.15) is 0 Å². The lowest BCUT2D eigenvalue weighted by molar-refractivity contribution is 0.102. The van der Waals surface area contributed by atoms with Crippen molar-refractivity contribution in [3.63, 3.8) is 0 Å². The summed E-state index contributed by atoms with van der Waals surface area (Å²) >= 11 is 3.54. The van der Waals surface area contributed by atoms with Gasteiger partial charge in [0.25, 0.3) is 5.91 Å². The van der Waals surface area contributed by atoms with Crippen molar-refractivity contribution >= 4 is 61.6 Å². The summed E-state index contributed by atoms with van der Waals surface area (Å²) in [5.74, 6) is 1.66. The predicted molar refractivity (Wildman–Crippen MR) is 168 cm³/mol. The zero-order valence-corrected chi connectivity index (χ0v) is 24.6. The van der Waals surface area contributed by atoms with Crippen molar-refractivity contribution in [2.24, 2.45) is 0 Å². The van der Waals surface area contributed by atoms with Crippen LogP contribution in [0.25, 0.3) is 45.5 Å². The van der Waals surface area contributed by atoms with E-state index in [4.69, 9.17) is 14.4 Å². The average Bonchev–Trinajstić information content (AvgIpc) is 3.61. The fourth-order valence-corrected chi connectivity index (χ4v) is 5.73. The van der Waals surface area contributed by atoms with Crippen LogP contribution in [0.3, 0.4) is 0 Å². The fourth-order valence-electron chi connectivity index (χ4n) is 5.37. The normalized spacial score (nSPS) is 13.4. The number of carbonyl (C=O) groups excluding carboxylic acids is 1. The van der Waals surface area contributed by atoms with Crippen molar-refractivity contribution in [1.29, 1.82) is 0 Å². The van der Waals surface area contributed by atoms with Gasteiger partial charge in [-0.15, -0.1) is 0 Å². The number of hydrogen-bond acceptors (Lipinski definition) is 4. The first-order valence-electron chi connectivity index (χ1n) is 13.8. The van der Waals surface area contributed by atoms with Gasteiger partial charge in [-0.05, 0) is 99.0 Å². The second-order valence-electron chi connectivity index (χ2n) is 10.7. The van der Waals surface area contributed by atoms with Crippen molar-refractivity contribution in [1.82, 2.24) is 14.5 Å². The molecular formula is C34H26BrFN4O2. The molecule has 0 aliphatic heterocycles. The van der Waals surface area contributed by atoms with Crippen molar-refractivity contribution < 1.29 is 13.6 Å². The monoisotopic (exact) mass is 620 g/mol. The van der Waals surface area contributed by atoms with E-state index >= 15 is 0 Å². The highest BCUT2D eigenvalue weighted by molar-refractivity contribution is 9.10. The Morgan fingerprint density at radius 3 is 2.64 bits per heavy atom. The number of rotatable bonds is 6. The third-order valence-electron chi connectivity index (χ3n) is 7.53. The number of amides is 1. The molecule has 0 saturated heterocycles. The number of aryl methyl sites for hydroxylation is 2. The number of anilines is 1. The molecule has 0 radical (unpaired) electrons. The van der Waals surface area contributed by atoms with Gasteiger partial charge in [0.2, 0.25) is 0 Å². The number of benzene rings is 3. The van der Waals surface area contributed by atoms with E-state index in [0.29, 0.717) is 39.8 Å². The molecule has 0 unspecified atom stereocenters. The second kappa shape index (κ2) is 10.4. The Labute approximate surface area is 250 Å². The lowest BCUT2D eigenvalue weighted by Crippen LogP contribution is -2.15. The first kappa shape index (κ1) is 26.3. The fraction of sp³-hybridized carbons (Fsp3) is 0.147. The van der Waals surface area contributed by atoms with Gasteiger partial charge < -0.3 is 14.3 Å². The number of fused-ring (bicyclic) bond motifs is 2. The van der Waals surface area contributed by atoms with Crippen LogP contribution in [0, 0.1) is 19.7 Å². The van der Waals surface area contributed by atoms with Crippen LogP contribution < -0.4 is 5.32 Å². The summed E-state index contributed by atoms with van der Waals surface area (Å²) in [7, 11) is 0. The Kier molecular flexibility index (Phi) is 6.50. The standard InChI is InChI=1S/C34H26BrFN4O2/c1-19-4-3-5-26(33-38-30-17-22(36)8-15-31(30)40(33)24-10-11-24)32(19)39-34(41)28-18-23(9-13-25-12-6-20(2)42-25)37-29-14-7-21(35)16-27(28)29/h3-9,12-18,24H,10-11H2,1-2H3,(H,39,41)/b13-9+. The highest BCUT2D eigenvalue weighted by Crippen LogP contribution is 2.43. The minimum absolute atomic E-state index is 0.264. The molecule has 1 fully saturated rings. The van der Waals surface area contributed by atoms with Crippen LogP contribution in [-0.2, 0) is 0 Å². The van der Waals surface area contributed by atoms with Crippen molar-refractivity contribution in [2.45, 2.75) is 32.7 Å². The molecule has 8 heteroatoms. The molecule has 0 bridgehead atoms. The van der Waals surface area contributed by atoms with Crippen LogP contribution in [0.2, 0.25) is 0 Å². The van der Waals surface area contributed by atoms with E-state index < -0.39 is 0 Å². The molecule has 0 atom stereocenters. The molecule has 3 aromatic heterocycles. The van der Waals surface area contributed by atoms with Gasteiger partial charge in [-0.3, -0.25) is 4.79 Å². The van der Waals surface area contributed by atoms with E-state index in [2.05, 4.69) is 25.8 Å². The molecule has 42 heavy (non-hydrogen) atoms. The maximum absolute atomic E-state index is 14.1. The van der Waals surface area contributed by atoms with E-state index in [1.54, 1.807) is 12.1 Å². The molecule has 7 rings (SSSR count). The Morgan fingerprint density at radius 2 is 1.86 bits per heavy atom. The molecule has 208 valence electrons. The molecule has 1 aliphatic carbocycles. The lowest BCUT2D eigenvalue weighted by Gasteiger charge is -2.16. The van der Waals surface area contributed by atoms with E-state index in [9.17, 15) is 9.18 Å². The summed E-state index contributed by atoms with van der Waals surface area (Å²) in [6.07, 6.45) is 5.75. The molecule has 0 spiro atoms. The Morgan fingerprint density at radius 1 is 1.00 bits per heavy atom. The number of aromatic nitrogens is 3. The number of pyridine rings is 1. The number of imidazole rings is 1. The quantitative estimate of drug-likeness (QED) is 0.201. The summed E-state index contributed by atoms with van der Waals surface area (Å²) in [6, 6.07) is 22.2. The van der Waals surface area contributed by atoms with Gasteiger partial charge in [0.15, 0.2) is 0 Å². The third kappa shape index (κ3) is 4.92. The van der Waals surface area contributed by atoms with Gasteiger partial charge >= 0.3 is 0 Å². The number of carbonyl (C=O) groups is 1. The van der Waals surface area contributed by atoms with Crippen LogP contribution in [0.5, 0.6) is 0 Å². The Balaban J connectivity index is 1.32. The molecule has 3 heterocycles. The van der Waals surface area contributed by atoms with Crippen molar-refractivity contribution in [2.75, 3.05) is 5.32 Å². The number of halogens is 2. The first-order chi connectivity index (χ1) is 20.3. The predicted octanol–water partition coefficient (Wildman–Crippen LogP) is 9.12. The Bertz CT molecular complexity index is 2050. The minimum Gasteiger partial charge on any atom is -0.462 e. The van der Waals surface area contributed by atoms with E-state index in [0.717, 1.165) is 50.9 Å². The molecule has 3 aromatic carbocycles. The van der Waals surface area contributed by atoms with Gasteiger partial charge in [-0.1, -0.05) is 28.1 Å². The third-order valence-corrected chi connectivity index (χ3v) is 8.02. The zero-order valence-electron chi connectivity index (χ0n) is 23.0. The van der Waals surface area contributed by atoms with Gasteiger partial charge in [0.1, 0.15) is 23.2 Å². The number of para-hydroxylation sites is 1. The highest BCUT2D eigenvalue weighted by Gasteiger charge is 2.30. The largest absolute Gasteiger partial charge is 0.462 e. The summed E-state index contributed by atoms with van der Waals surface area (Å²) in [4.78, 5) is 23.7. The molecule has 1 saturated carbocycles. The van der Waals surface area contributed by atoms with Crippen molar-refractivity contribution in [3.05, 3.63) is 111 Å². The Hall–Kier alpha value is -4.56. The zero-order chi connectivity index (χ0) is 29.0. The van der Waals surface area contributed by atoms with Crippen LogP contribution in [-0.4, -0.2) is 20.4 Å². The molecule has 1 amide bonds. The van der Waals surface area contributed by atoms with E-state index in [1.165, 1.54) is 12.1 Å². The molecule has 6 nitrogen and oxygen atoms in total. The lowest BCUT2D eigenvalue weighted by atomic mass is 10.0. The maximum Gasteiger partial charge on any atom is 0.256 e. The maximum atomic E-state index is 14.1. The minimum atomic E-state index is -0.324. The SMILES string of the molecule is Cc1ccc(/C=C/c2cc(C(=O)Nc3c(C)cccc3-c3nc4cc(F)ccc4n3C3CC3)c3cc(Br)ccc3n2)o1. The van der Waals surface area contributed by atoms with Crippen LogP contribution in [0.4, 0.5) is 10.1 Å². The van der Waals surface area contributed by atoms with Crippen molar-refractivity contribution in [3.8, 4) is 11.4 Å². The number of hydrogen-bond donors (Lipinski definition) is 1. The summed E-state index contributed by atoms with van der Waals surface area (Å²) in [6.45, 7) is 3.85. The van der Waals surface area contributed by atoms with Gasteiger partial charge in [-0.25, -0.2) is 14.4 Å². The average molecular weight is 622 g/mol. The number of nitrogens with one attached hydrogen (secondary N) is 1. The van der Waals surface area contributed by atoms with E-state index in [-0.39, 0.29) is 11.7 Å². The second-order valence-corrected chi connectivity index (χ2v) is 11.6. The number of furan rings is 1. The molecular weight excluding hydrogens is 595 g/mol. The highest BCUT2D eigenvalue weighted by atomic mass is 79.9. The van der Waals surface area contributed by atoms with Crippen LogP contribution in [0.1, 0.15) is 52.0 Å². The van der Waals surface area contributed by atoms with Gasteiger partial charge in [0, 0.05) is 27.5 Å². The van der Waals surface area contributed by atoms with E-state index in [1.807, 2.05) is 74.5 Å².